The lowest BCUT2D eigenvalue weighted by atomic mass is 10.2. The highest BCUT2D eigenvalue weighted by Gasteiger charge is 2.21. The number of ether oxygens (including phenoxy) is 1. The number of rotatable bonds is 3. The van der Waals surface area contributed by atoms with E-state index in [0.717, 1.165) is 0 Å². The number of hydrogen-bond donors (Lipinski definition) is 2. The summed E-state index contributed by atoms with van der Waals surface area (Å²) in [4.78, 5) is 21.3. The van der Waals surface area contributed by atoms with Crippen LogP contribution in [0, 0.1) is 0 Å². The molecule has 0 aliphatic carbocycles. The number of carboxylic acid groups (broad SMARTS) is 1. The molecule has 0 aromatic rings. The molecule has 0 saturated heterocycles. The Morgan fingerprint density at radius 1 is 1.43 bits per heavy atom. The Kier molecular flexibility index (Phi) is 6.14. The summed E-state index contributed by atoms with van der Waals surface area (Å²) < 4.78 is 4.88. The standard InChI is InChI=1S/C8H15NO4.CH4/c1-8(2,3)13-6(10)4-5(9)7(11)12;/h5H,4,9H2,1-3H3,(H,11,12);1H4/t5-;/m0./s1. The molecule has 0 aliphatic heterocycles. The van der Waals surface area contributed by atoms with Crippen LogP contribution >= 0.6 is 0 Å². The fourth-order valence-corrected chi connectivity index (χ4v) is 0.650. The summed E-state index contributed by atoms with van der Waals surface area (Å²) in [5, 5.41) is 8.40. The van der Waals surface area contributed by atoms with Crippen molar-refractivity contribution < 1.29 is 19.4 Å². The van der Waals surface area contributed by atoms with Gasteiger partial charge in [-0.1, -0.05) is 7.43 Å². The van der Waals surface area contributed by atoms with Crippen molar-refractivity contribution in [2.45, 2.75) is 46.3 Å². The van der Waals surface area contributed by atoms with Gasteiger partial charge in [0.2, 0.25) is 0 Å². The molecule has 5 heteroatoms. The van der Waals surface area contributed by atoms with Gasteiger partial charge < -0.3 is 15.6 Å². The summed E-state index contributed by atoms with van der Waals surface area (Å²) in [6.07, 6.45) is -0.299. The SMILES string of the molecule is C.CC(C)(C)OC(=O)C[C@H](N)C(=O)O. The molecule has 0 rings (SSSR count). The zero-order valence-electron chi connectivity index (χ0n) is 8.03. The number of hydrogen-bond acceptors (Lipinski definition) is 4. The van der Waals surface area contributed by atoms with Crippen LogP contribution in [0.4, 0.5) is 0 Å². The minimum absolute atomic E-state index is 0. The third kappa shape index (κ3) is 7.54. The Balaban J connectivity index is 0. The van der Waals surface area contributed by atoms with Crippen molar-refractivity contribution in [2.24, 2.45) is 5.73 Å². The van der Waals surface area contributed by atoms with Crippen LogP contribution in [0.5, 0.6) is 0 Å². The highest BCUT2D eigenvalue weighted by atomic mass is 16.6. The highest BCUT2D eigenvalue weighted by molar-refractivity contribution is 5.81. The fraction of sp³-hybridized carbons (Fsp3) is 0.778. The molecule has 0 aromatic heterocycles. The van der Waals surface area contributed by atoms with Crippen LogP contribution in [0.3, 0.4) is 0 Å². The van der Waals surface area contributed by atoms with Crippen LogP contribution in [0.25, 0.3) is 0 Å². The minimum Gasteiger partial charge on any atom is -0.480 e. The quantitative estimate of drug-likeness (QED) is 0.664. The van der Waals surface area contributed by atoms with E-state index >= 15 is 0 Å². The number of nitrogens with two attached hydrogens (primary N) is 1. The first-order chi connectivity index (χ1) is 5.72. The lowest BCUT2D eigenvalue weighted by Gasteiger charge is -2.19. The summed E-state index contributed by atoms with van der Waals surface area (Å²) in [5.74, 6) is -1.80. The van der Waals surface area contributed by atoms with Crippen LogP contribution in [-0.2, 0) is 14.3 Å². The van der Waals surface area contributed by atoms with Crippen molar-refractivity contribution in [3.63, 3.8) is 0 Å². The molecule has 1 atom stereocenters. The summed E-state index contributed by atoms with van der Waals surface area (Å²) in [5.41, 5.74) is 4.53. The molecular weight excluding hydrogens is 186 g/mol. The van der Waals surface area contributed by atoms with Crippen molar-refractivity contribution in [3.8, 4) is 0 Å². The molecule has 0 fully saturated rings. The van der Waals surface area contributed by atoms with Crippen molar-refractivity contribution in [1.82, 2.24) is 0 Å². The Hall–Kier alpha value is -1.10. The van der Waals surface area contributed by atoms with E-state index in [4.69, 9.17) is 15.6 Å². The molecule has 0 bridgehead atoms. The molecule has 5 nitrogen and oxygen atoms in total. The van der Waals surface area contributed by atoms with E-state index in [1.54, 1.807) is 20.8 Å². The molecule has 84 valence electrons. The maximum Gasteiger partial charge on any atom is 0.321 e. The van der Waals surface area contributed by atoms with Crippen molar-refractivity contribution in [2.75, 3.05) is 0 Å². The first kappa shape index (κ1) is 15.4. The van der Waals surface area contributed by atoms with Crippen molar-refractivity contribution in [1.29, 1.82) is 0 Å². The van der Waals surface area contributed by atoms with Gasteiger partial charge in [0.05, 0.1) is 6.42 Å². The Bertz CT molecular complexity index is 207. The summed E-state index contributed by atoms with van der Waals surface area (Å²) >= 11 is 0. The van der Waals surface area contributed by atoms with E-state index < -0.39 is 23.6 Å². The molecule has 0 radical (unpaired) electrons. The van der Waals surface area contributed by atoms with E-state index in [9.17, 15) is 9.59 Å². The van der Waals surface area contributed by atoms with E-state index in [1.807, 2.05) is 0 Å². The number of aliphatic carboxylic acids is 1. The second-order valence-electron chi connectivity index (χ2n) is 3.74. The molecule has 3 N–H and O–H groups in total. The molecule has 0 aromatic carbocycles. The Morgan fingerprint density at radius 2 is 1.86 bits per heavy atom. The molecule has 0 heterocycles. The van der Waals surface area contributed by atoms with Gasteiger partial charge in [-0.3, -0.25) is 9.59 Å². The highest BCUT2D eigenvalue weighted by Crippen LogP contribution is 2.08. The lowest BCUT2D eigenvalue weighted by Crippen LogP contribution is -2.35. The van der Waals surface area contributed by atoms with Gasteiger partial charge in [0, 0.05) is 0 Å². The van der Waals surface area contributed by atoms with Gasteiger partial charge in [-0.25, -0.2) is 0 Å². The molecule has 0 unspecified atom stereocenters. The van der Waals surface area contributed by atoms with Crippen LogP contribution in [0.15, 0.2) is 0 Å². The van der Waals surface area contributed by atoms with Gasteiger partial charge >= 0.3 is 11.9 Å². The predicted octanol–water partition coefficient (Wildman–Crippen LogP) is 0.766. The minimum atomic E-state index is -1.20. The van der Waals surface area contributed by atoms with Gasteiger partial charge in [0.25, 0.3) is 0 Å². The van der Waals surface area contributed by atoms with Gasteiger partial charge in [-0.05, 0) is 20.8 Å². The predicted molar refractivity (Wildman–Crippen MR) is 52.8 cm³/mol. The van der Waals surface area contributed by atoms with Crippen LogP contribution < -0.4 is 5.73 Å². The molecule has 0 aliphatic rings. The molecule has 0 spiro atoms. The van der Waals surface area contributed by atoms with Gasteiger partial charge in [-0.15, -0.1) is 0 Å². The lowest BCUT2D eigenvalue weighted by molar-refractivity contribution is -0.157. The fourth-order valence-electron chi connectivity index (χ4n) is 0.650. The number of carbonyl (C=O) groups excluding carboxylic acids is 1. The molecule has 0 saturated carbocycles. The Labute approximate surface area is 84.2 Å². The van der Waals surface area contributed by atoms with E-state index in [2.05, 4.69) is 0 Å². The summed E-state index contributed by atoms with van der Waals surface area (Å²) in [7, 11) is 0. The largest absolute Gasteiger partial charge is 0.480 e. The summed E-state index contributed by atoms with van der Waals surface area (Å²) in [6.45, 7) is 5.12. The zero-order chi connectivity index (χ0) is 10.6. The number of carbonyl (C=O) groups is 2. The molecule has 0 amide bonds. The maximum absolute atomic E-state index is 11.0. The summed E-state index contributed by atoms with van der Waals surface area (Å²) in [6, 6.07) is -1.19. The van der Waals surface area contributed by atoms with Crippen LogP contribution in [0.1, 0.15) is 34.6 Å². The van der Waals surface area contributed by atoms with E-state index in [1.165, 1.54) is 0 Å². The first-order valence-electron chi connectivity index (χ1n) is 3.92. The van der Waals surface area contributed by atoms with E-state index in [-0.39, 0.29) is 13.8 Å². The molecule has 14 heavy (non-hydrogen) atoms. The number of carboxylic acids is 1. The van der Waals surface area contributed by atoms with Gasteiger partial charge in [-0.2, -0.15) is 0 Å². The zero-order valence-corrected chi connectivity index (χ0v) is 8.03. The van der Waals surface area contributed by atoms with Crippen LogP contribution in [0.2, 0.25) is 0 Å². The van der Waals surface area contributed by atoms with Crippen molar-refractivity contribution >= 4 is 11.9 Å². The van der Waals surface area contributed by atoms with Crippen molar-refractivity contribution in [3.05, 3.63) is 0 Å². The second-order valence-corrected chi connectivity index (χ2v) is 3.74. The van der Waals surface area contributed by atoms with Gasteiger partial charge in [0.15, 0.2) is 0 Å². The third-order valence-corrected chi connectivity index (χ3v) is 1.12. The van der Waals surface area contributed by atoms with Crippen LogP contribution in [-0.4, -0.2) is 28.7 Å². The second kappa shape index (κ2) is 5.59. The van der Waals surface area contributed by atoms with Gasteiger partial charge in [0.1, 0.15) is 11.6 Å². The topological polar surface area (TPSA) is 89.6 Å². The first-order valence-corrected chi connectivity index (χ1v) is 3.92. The Morgan fingerprint density at radius 3 is 2.14 bits per heavy atom. The smallest absolute Gasteiger partial charge is 0.321 e. The maximum atomic E-state index is 11.0. The number of esters is 1. The van der Waals surface area contributed by atoms with E-state index in [0.29, 0.717) is 0 Å². The third-order valence-electron chi connectivity index (χ3n) is 1.12. The normalized spacial score (nSPS) is 12.6. The molecular formula is C9H19NO4. The average Bonchev–Trinajstić information content (AvgIpc) is 1.81. The average molecular weight is 205 g/mol. The monoisotopic (exact) mass is 205 g/mol.